The first kappa shape index (κ1) is 30.4. The molecule has 0 aliphatic heterocycles. The maximum absolute atomic E-state index is 3.74. The maximum atomic E-state index is 3.74. The smallest absolute Gasteiger partial charge is 1.00 e. The number of para-hydroxylation sites is 1. The van der Waals surface area contributed by atoms with Crippen molar-refractivity contribution in [3.05, 3.63) is 124 Å². The molecular formula is C33H29Cl2NSiZr. The van der Waals surface area contributed by atoms with Gasteiger partial charge in [0.05, 0.1) is 14.5 Å². The summed E-state index contributed by atoms with van der Waals surface area (Å²) in [6.45, 7) is 11.5. The van der Waals surface area contributed by atoms with Crippen LogP contribution in [0.25, 0.3) is 34.0 Å². The van der Waals surface area contributed by atoms with Crippen molar-refractivity contribution >= 4 is 31.2 Å². The van der Waals surface area contributed by atoms with E-state index < -0.39 is 8.80 Å². The van der Waals surface area contributed by atoms with Crippen LogP contribution in [0.15, 0.2) is 90.0 Å². The summed E-state index contributed by atoms with van der Waals surface area (Å²) in [4.78, 5) is 0. The molecule has 1 heterocycles. The van der Waals surface area contributed by atoms with Crippen molar-refractivity contribution in [2.75, 3.05) is 0 Å². The van der Waals surface area contributed by atoms with E-state index in [4.69, 9.17) is 0 Å². The van der Waals surface area contributed by atoms with E-state index >= 15 is 0 Å². The Morgan fingerprint density at radius 2 is 1.37 bits per heavy atom. The first-order chi connectivity index (χ1) is 17.0. The van der Waals surface area contributed by atoms with Crippen LogP contribution in [0.2, 0.25) is 13.1 Å². The molecule has 0 amide bonds. The number of aromatic nitrogens is 1. The predicted octanol–water partition coefficient (Wildman–Crippen LogP) is 1.86. The maximum Gasteiger partial charge on any atom is 3.00 e. The van der Waals surface area contributed by atoms with Gasteiger partial charge in [0.2, 0.25) is 0 Å². The van der Waals surface area contributed by atoms with Crippen LogP contribution < -0.4 is 30.0 Å². The third-order valence-corrected chi connectivity index (χ3v) is 8.75. The van der Waals surface area contributed by atoms with Crippen molar-refractivity contribution in [2.24, 2.45) is 0 Å². The Hall–Kier alpha value is -2.16. The number of hydrogen-bond acceptors (Lipinski definition) is 0. The van der Waals surface area contributed by atoms with E-state index in [9.17, 15) is 0 Å². The molecule has 5 heteroatoms. The van der Waals surface area contributed by atoms with Gasteiger partial charge in [-0.05, 0) is 49.2 Å². The Morgan fingerprint density at radius 1 is 0.737 bits per heavy atom. The summed E-state index contributed by atoms with van der Waals surface area (Å²) in [5, 5.41) is 1.49. The van der Waals surface area contributed by atoms with E-state index in [1.54, 1.807) is 0 Å². The van der Waals surface area contributed by atoms with Gasteiger partial charge >= 0.3 is 26.2 Å². The molecule has 0 atom stereocenters. The number of halogens is 2. The molecule has 0 saturated heterocycles. The van der Waals surface area contributed by atoms with E-state index in [2.05, 4.69) is 129 Å². The van der Waals surface area contributed by atoms with E-state index in [0.29, 0.717) is 0 Å². The van der Waals surface area contributed by atoms with Crippen molar-refractivity contribution in [3.63, 3.8) is 0 Å². The molecule has 1 aromatic heterocycles. The largest absolute Gasteiger partial charge is 3.00 e. The molecule has 1 nitrogen and oxygen atoms in total. The van der Waals surface area contributed by atoms with Gasteiger partial charge < -0.3 is 29.4 Å². The summed E-state index contributed by atoms with van der Waals surface area (Å²) in [6.07, 6.45) is 6.11. The monoisotopic (exact) mass is 627 g/mol. The fourth-order valence-electron chi connectivity index (χ4n) is 5.79. The van der Waals surface area contributed by atoms with Crippen LogP contribution in [0.1, 0.15) is 41.9 Å². The van der Waals surface area contributed by atoms with Gasteiger partial charge in [0.1, 0.15) is 0 Å². The van der Waals surface area contributed by atoms with Crippen LogP contribution in [0, 0.1) is 13.0 Å². The molecule has 6 rings (SSSR count). The van der Waals surface area contributed by atoms with Crippen LogP contribution in [0.3, 0.4) is 0 Å². The van der Waals surface area contributed by atoms with Gasteiger partial charge in [0.25, 0.3) is 0 Å². The minimum absolute atomic E-state index is 0. The number of rotatable bonds is 3. The third-order valence-electron chi connectivity index (χ3n) is 7.26. The van der Waals surface area contributed by atoms with Crippen molar-refractivity contribution in [2.45, 2.75) is 33.9 Å². The molecule has 2 aliphatic carbocycles. The van der Waals surface area contributed by atoms with Gasteiger partial charge in [-0.25, -0.2) is 0 Å². The van der Waals surface area contributed by atoms with Gasteiger partial charge in [-0.1, -0.05) is 90.4 Å². The number of nitrogens with zero attached hydrogens (tertiary/aromatic N) is 1. The quantitative estimate of drug-likeness (QED) is 0.241. The SMILES string of the molecule is CC1=[C-]c2ccc([Si](C)C)c(-c3ccccc3)c2C1=C1C(C)=Cc2c1cc(C)n2-c1ccccc1.[Cl-].[Cl-].[Zr+3]. The number of hydrogen-bond donors (Lipinski definition) is 0. The fourth-order valence-corrected chi connectivity index (χ4v) is 6.98. The summed E-state index contributed by atoms with van der Waals surface area (Å²) in [6, 6.07) is 28.6. The molecular weight excluding hydrogens is 601 g/mol. The Balaban J connectivity index is 0.00000133. The third kappa shape index (κ3) is 4.84. The number of aryl methyl sites for hydroxylation is 1. The Kier molecular flexibility index (Phi) is 9.54. The van der Waals surface area contributed by atoms with Crippen molar-refractivity contribution < 1.29 is 51.0 Å². The molecule has 0 saturated carbocycles. The average Bonchev–Trinajstić information content (AvgIpc) is 3.46. The van der Waals surface area contributed by atoms with Crippen LogP contribution in [0.4, 0.5) is 0 Å². The number of benzene rings is 3. The Bertz CT molecular complexity index is 1580. The normalized spacial score (nSPS) is 15.1. The molecule has 0 bridgehead atoms. The van der Waals surface area contributed by atoms with Crippen LogP contribution >= 0.6 is 0 Å². The predicted molar refractivity (Wildman–Crippen MR) is 151 cm³/mol. The Labute approximate surface area is 259 Å². The van der Waals surface area contributed by atoms with Crippen LogP contribution in [-0.4, -0.2) is 13.4 Å². The molecule has 3 aromatic carbocycles. The topological polar surface area (TPSA) is 4.93 Å². The molecule has 2 radical (unpaired) electrons. The van der Waals surface area contributed by atoms with E-state index in [1.807, 2.05) is 0 Å². The average molecular weight is 630 g/mol. The molecule has 0 spiro atoms. The standard InChI is InChI=1S/C33H29NSi.2ClH.Zr/c1-21-18-25-16-17-29(35(4)5)32(24-12-8-6-9-13-24)33(25)31(21)30-22(2)19-28-27(30)20-23(3)34(28)26-14-10-7-11-15-26;;;/h6-17,19-20H,1-5H3;2*1H;/q-1;;;+3/p-2. The van der Waals surface area contributed by atoms with E-state index in [-0.39, 0.29) is 51.0 Å². The first-order valence-corrected chi connectivity index (χ1v) is 14.8. The van der Waals surface area contributed by atoms with Crippen LogP contribution in [-0.2, 0) is 26.2 Å². The molecule has 38 heavy (non-hydrogen) atoms. The number of allylic oxidation sites excluding steroid dienone is 4. The first-order valence-electron chi connectivity index (χ1n) is 12.3. The van der Waals surface area contributed by atoms with Gasteiger partial charge in [0.15, 0.2) is 0 Å². The van der Waals surface area contributed by atoms with Crippen LogP contribution in [0.5, 0.6) is 0 Å². The molecule has 188 valence electrons. The molecule has 2 aliphatic rings. The number of fused-ring (bicyclic) bond motifs is 2. The summed E-state index contributed by atoms with van der Waals surface area (Å²) < 4.78 is 2.39. The molecule has 0 unspecified atom stereocenters. The van der Waals surface area contributed by atoms with Gasteiger partial charge in [-0.3, -0.25) is 0 Å². The molecule has 0 fully saturated rings. The van der Waals surface area contributed by atoms with Crippen molar-refractivity contribution in [3.8, 4) is 16.8 Å². The van der Waals surface area contributed by atoms with E-state index in [0.717, 1.165) is 0 Å². The minimum atomic E-state index is -0.663. The van der Waals surface area contributed by atoms with Crippen molar-refractivity contribution in [1.82, 2.24) is 4.57 Å². The zero-order valence-electron chi connectivity index (χ0n) is 22.3. The van der Waals surface area contributed by atoms with Gasteiger partial charge in [-0.2, -0.15) is 5.56 Å². The van der Waals surface area contributed by atoms with Gasteiger partial charge in [-0.15, -0.1) is 34.9 Å². The molecule has 0 N–H and O–H groups in total. The van der Waals surface area contributed by atoms with Crippen molar-refractivity contribution in [1.29, 1.82) is 0 Å². The summed E-state index contributed by atoms with van der Waals surface area (Å²) in [5.74, 6) is 0. The zero-order chi connectivity index (χ0) is 24.3. The van der Waals surface area contributed by atoms with E-state index in [1.165, 1.54) is 72.4 Å². The summed E-state index contributed by atoms with van der Waals surface area (Å²) in [5.41, 5.74) is 15.6. The minimum Gasteiger partial charge on any atom is -1.00 e. The second kappa shape index (κ2) is 11.9. The molecule has 4 aromatic rings. The Morgan fingerprint density at radius 3 is 2.00 bits per heavy atom. The summed E-state index contributed by atoms with van der Waals surface area (Å²) in [7, 11) is -0.663. The zero-order valence-corrected chi connectivity index (χ0v) is 27.3. The second-order valence-corrected chi connectivity index (χ2v) is 12.4. The fraction of sp³-hybridized carbons (Fsp3) is 0.152. The van der Waals surface area contributed by atoms with Gasteiger partial charge in [0, 0.05) is 11.4 Å². The second-order valence-electron chi connectivity index (χ2n) is 9.86. The summed E-state index contributed by atoms with van der Waals surface area (Å²) >= 11 is 0.